The summed E-state index contributed by atoms with van der Waals surface area (Å²) in [6, 6.07) is 2.32. The molecular formula is C15H19N3O4. The highest BCUT2D eigenvalue weighted by Crippen LogP contribution is 2.15. The van der Waals surface area contributed by atoms with Crippen molar-refractivity contribution in [2.24, 2.45) is 0 Å². The van der Waals surface area contributed by atoms with E-state index in [2.05, 4.69) is 10.3 Å². The van der Waals surface area contributed by atoms with Crippen LogP contribution in [0, 0.1) is 6.92 Å². The van der Waals surface area contributed by atoms with Gasteiger partial charge in [-0.25, -0.2) is 9.78 Å². The second kappa shape index (κ2) is 6.15. The molecule has 2 atom stereocenters. The van der Waals surface area contributed by atoms with Gasteiger partial charge in [0, 0.05) is 6.20 Å². The highest BCUT2D eigenvalue weighted by Gasteiger charge is 2.28. The summed E-state index contributed by atoms with van der Waals surface area (Å²) in [5, 5.41) is 20.9. The van der Waals surface area contributed by atoms with Crippen molar-refractivity contribution in [1.29, 1.82) is 0 Å². The average Bonchev–Trinajstić information content (AvgIpc) is 2.81. The smallest absolute Gasteiger partial charge is 0.328 e. The normalized spacial score (nSPS) is 13.8. The number of carbonyl (C=O) groups excluding carboxylic acids is 1. The second-order valence-corrected chi connectivity index (χ2v) is 5.22. The van der Waals surface area contributed by atoms with Gasteiger partial charge in [-0.05, 0) is 38.0 Å². The molecule has 0 saturated carbocycles. The monoisotopic (exact) mass is 305 g/mol. The minimum absolute atomic E-state index is 0.296. The molecule has 2 unspecified atom stereocenters. The van der Waals surface area contributed by atoms with Crippen molar-refractivity contribution in [2.45, 2.75) is 39.3 Å². The molecule has 0 aliphatic heterocycles. The predicted octanol–water partition coefficient (Wildman–Crippen LogP) is 0.769. The van der Waals surface area contributed by atoms with Gasteiger partial charge >= 0.3 is 5.97 Å². The fourth-order valence-electron chi connectivity index (χ4n) is 2.28. The number of aliphatic hydroxyl groups is 1. The lowest BCUT2D eigenvalue weighted by molar-refractivity contribution is -0.141. The number of hydrogen-bond donors (Lipinski definition) is 3. The lowest BCUT2D eigenvalue weighted by Gasteiger charge is -2.17. The lowest BCUT2D eigenvalue weighted by atomic mass is 10.1. The Morgan fingerprint density at radius 2 is 2.14 bits per heavy atom. The summed E-state index contributed by atoms with van der Waals surface area (Å²) < 4.78 is 1.63. The molecule has 0 aliphatic rings. The zero-order chi connectivity index (χ0) is 16.4. The van der Waals surface area contributed by atoms with Gasteiger partial charge in [-0.15, -0.1) is 0 Å². The minimum Gasteiger partial charge on any atom is -0.480 e. The first-order valence-electron chi connectivity index (χ1n) is 7.04. The first kappa shape index (κ1) is 16.0. The molecule has 0 aliphatic carbocycles. The van der Waals surface area contributed by atoms with Crippen LogP contribution in [0.1, 0.15) is 35.6 Å². The van der Waals surface area contributed by atoms with Gasteiger partial charge in [0.25, 0.3) is 5.91 Å². The van der Waals surface area contributed by atoms with Crippen molar-refractivity contribution in [3.8, 4) is 0 Å². The maximum absolute atomic E-state index is 12.5. The molecule has 2 heterocycles. The fraction of sp³-hybridized carbons (Fsp3) is 0.400. The van der Waals surface area contributed by atoms with E-state index in [1.165, 1.54) is 6.92 Å². The summed E-state index contributed by atoms with van der Waals surface area (Å²) in [6.45, 7) is 5.11. The number of aliphatic hydroxyl groups excluding tert-OH is 1. The quantitative estimate of drug-likeness (QED) is 0.757. The van der Waals surface area contributed by atoms with E-state index in [9.17, 15) is 14.7 Å². The number of hydrogen-bond acceptors (Lipinski definition) is 4. The van der Waals surface area contributed by atoms with Crippen LogP contribution in [-0.2, 0) is 11.2 Å². The third kappa shape index (κ3) is 2.94. The largest absolute Gasteiger partial charge is 0.480 e. The van der Waals surface area contributed by atoms with Gasteiger partial charge in [-0.1, -0.05) is 6.92 Å². The highest BCUT2D eigenvalue weighted by molar-refractivity contribution is 5.97. The number of aliphatic carboxylic acids is 1. The molecule has 2 aromatic rings. The molecule has 2 rings (SSSR count). The number of nitrogens with one attached hydrogen (secondary N) is 1. The topological polar surface area (TPSA) is 104 Å². The van der Waals surface area contributed by atoms with Gasteiger partial charge in [-0.3, -0.25) is 9.20 Å². The van der Waals surface area contributed by atoms with E-state index in [-0.39, 0.29) is 0 Å². The van der Waals surface area contributed by atoms with E-state index in [0.717, 1.165) is 5.56 Å². The standard InChI is InChI=1S/C15H19N3O4/c1-4-10-13(14(20)17-12(9(3)19)15(21)22)18-6-5-8(2)7-11(18)16-10/h5-7,9,12,19H,4H2,1-3H3,(H,17,20)(H,21,22). The van der Waals surface area contributed by atoms with E-state index in [1.807, 2.05) is 26.0 Å². The summed E-state index contributed by atoms with van der Waals surface area (Å²) in [6.07, 6.45) is 1.06. The summed E-state index contributed by atoms with van der Waals surface area (Å²) >= 11 is 0. The molecule has 0 spiro atoms. The molecule has 22 heavy (non-hydrogen) atoms. The summed E-state index contributed by atoms with van der Waals surface area (Å²) in [4.78, 5) is 28.0. The number of carbonyl (C=O) groups is 2. The van der Waals surface area contributed by atoms with E-state index in [1.54, 1.807) is 10.6 Å². The van der Waals surface area contributed by atoms with Crippen LogP contribution in [0.2, 0.25) is 0 Å². The van der Waals surface area contributed by atoms with Crippen molar-refractivity contribution in [1.82, 2.24) is 14.7 Å². The number of pyridine rings is 1. The number of carboxylic acids is 1. The Bertz CT molecular complexity index is 721. The number of aromatic nitrogens is 2. The van der Waals surface area contributed by atoms with Crippen LogP contribution in [-0.4, -0.2) is 43.6 Å². The van der Waals surface area contributed by atoms with Gasteiger partial charge in [0.2, 0.25) is 0 Å². The van der Waals surface area contributed by atoms with E-state index in [4.69, 9.17) is 5.11 Å². The molecule has 7 nitrogen and oxygen atoms in total. The van der Waals surface area contributed by atoms with Crippen molar-refractivity contribution in [3.63, 3.8) is 0 Å². The third-order valence-electron chi connectivity index (χ3n) is 3.44. The first-order chi connectivity index (χ1) is 10.3. The van der Waals surface area contributed by atoms with Crippen LogP contribution < -0.4 is 5.32 Å². The van der Waals surface area contributed by atoms with E-state index in [0.29, 0.717) is 23.5 Å². The Balaban J connectivity index is 2.44. The van der Waals surface area contributed by atoms with Crippen LogP contribution in [0.3, 0.4) is 0 Å². The Labute approximate surface area is 127 Å². The third-order valence-corrected chi connectivity index (χ3v) is 3.44. The molecule has 2 aromatic heterocycles. The van der Waals surface area contributed by atoms with Crippen LogP contribution in [0.4, 0.5) is 0 Å². The number of imidazole rings is 1. The van der Waals surface area contributed by atoms with Gasteiger partial charge < -0.3 is 15.5 Å². The SMILES string of the molecule is CCc1nc2cc(C)ccn2c1C(=O)NC(C(=O)O)C(C)O. The minimum atomic E-state index is -1.37. The van der Waals surface area contributed by atoms with Gasteiger partial charge in [0.1, 0.15) is 11.3 Å². The number of aryl methyl sites for hydroxylation is 2. The molecular weight excluding hydrogens is 286 g/mol. The number of nitrogens with zero attached hydrogens (tertiary/aromatic N) is 2. The lowest BCUT2D eigenvalue weighted by Crippen LogP contribution is -2.48. The summed E-state index contributed by atoms with van der Waals surface area (Å²) in [5.41, 5.74) is 2.52. The molecule has 7 heteroatoms. The molecule has 0 saturated heterocycles. The molecule has 0 aromatic carbocycles. The van der Waals surface area contributed by atoms with Crippen LogP contribution in [0.15, 0.2) is 18.3 Å². The van der Waals surface area contributed by atoms with Gasteiger partial charge in [-0.2, -0.15) is 0 Å². The Morgan fingerprint density at radius 3 is 2.68 bits per heavy atom. The fourth-order valence-corrected chi connectivity index (χ4v) is 2.28. The molecule has 0 radical (unpaired) electrons. The van der Waals surface area contributed by atoms with Crippen molar-refractivity contribution in [3.05, 3.63) is 35.3 Å². The average molecular weight is 305 g/mol. The van der Waals surface area contributed by atoms with E-state index < -0.39 is 24.0 Å². The molecule has 0 bridgehead atoms. The Hall–Kier alpha value is -2.41. The Morgan fingerprint density at radius 1 is 1.45 bits per heavy atom. The molecule has 1 amide bonds. The number of amides is 1. The maximum Gasteiger partial charge on any atom is 0.328 e. The van der Waals surface area contributed by atoms with Crippen LogP contribution >= 0.6 is 0 Å². The van der Waals surface area contributed by atoms with Crippen LogP contribution in [0.5, 0.6) is 0 Å². The van der Waals surface area contributed by atoms with Crippen LogP contribution in [0.25, 0.3) is 5.65 Å². The first-order valence-corrected chi connectivity index (χ1v) is 7.04. The predicted molar refractivity (Wildman–Crippen MR) is 79.9 cm³/mol. The zero-order valence-corrected chi connectivity index (χ0v) is 12.7. The van der Waals surface area contributed by atoms with Crippen molar-refractivity contribution in [2.75, 3.05) is 0 Å². The number of rotatable bonds is 5. The highest BCUT2D eigenvalue weighted by atomic mass is 16.4. The number of carboxylic acid groups (broad SMARTS) is 1. The summed E-state index contributed by atoms with van der Waals surface area (Å²) in [5.74, 6) is -1.85. The molecule has 3 N–H and O–H groups in total. The number of fused-ring (bicyclic) bond motifs is 1. The van der Waals surface area contributed by atoms with Gasteiger partial charge in [0.05, 0.1) is 11.8 Å². The van der Waals surface area contributed by atoms with Gasteiger partial charge in [0.15, 0.2) is 6.04 Å². The maximum atomic E-state index is 12.5. The Kier molecular flexibility index (Phi) is 4.46. The molecule has 0 fully saturated rings. The second-order valence-electron chi connectivity index (χ2n) is 5.22. The molecule has 118 valence electrons. The zero-order valence-electron chi connectivity index (χ0n) is 12.7. The van der Waals surface area contributed by atoms with Crippen molar-refractivity contribution < 1.29 is 19.8 Å². The van der Waals surface area contributed by atoms with E-state index >= 15 is 0 Å². The summed E-state index contributed by atoms with van der Waals surface area (Å²) in [7, 11) is 0. The van der Waals surface area contributed by atoms with Crippen molar-refractivity contribution >= 4 is 17.5 Å².